The van der Waals surface area contributed by atoms with E-state index in [0.29, 0.717) is 31.3 Å². The van der Waals surface area contributed by atoms with Crippen molar-refractivity contribution in [3.05, 3.63) is 29.8 Å². The van der Waals surface area contributed by atoms with E-state index in [0.717, 1.165) is 31.7 Å². The first kappa shape index (κ1) is 16.3. The molecular weight excluding hydrogens is 292 g/mol. The minimum Gasteiger partial charge on any atom is -0.490 e. The van der Waals surface area contributed by atoms with Crippen molar-refractivity contribution in [1.82, 2.24) is 9.80 Å². The fourth-order valence-electron chi connectivity index (χ4n) is 3.40. The number of aliphatic hydroxyl groups is 1. The Morgan fingerprint density at radius 1 is 1.17 bits per heavy atom. The molecule has 2 fully saturated rings. The van der Waals surface area contributed by atoms with Gasteiger partial charge in [-0.15, -0.1) is 0 Å². The van der Waals surface area contributed by atoms with Crippen LogP contribution in [-0.4, -0.2) is 66.2 Å². The Bertz CT molecular complexity index is 521. The number of hydrogen-bond donors (Lipinski definition) is 1. The summed E-state index contributed by atoms with van der Waals surface area (Å²) in [5.74, 6) is 0.882. The van der Waals surface area contributed by atoms with Gasteiger partial charge in [-0.25, -0.2) is 0 Å². The van der Waals surface area contributed by atoms with Gasteiger partial charge in [-0.1, -0.05) is 6.07 Å². The number of rotatable bonds is 5. The molecule has 1 N–H and O–H groups in total. The molecule has 1 saturated heterocycles. The number of nitrogens with zero attached hydrogens (tertiary/aromatic N) is 2. The summed E-state index contributed by atoms with van der Waals surface area (Å²) in [7, 11) is 0. The molecule has 5 heteroatoms. The maximum atomic E-state index is 12.7. The van der Waals surface area contributed by atoms with Crippen molar-refractivity contribution in [2.45, 2.75) is 31.8 Å². The molecule has 1 aromatic rings. The van der Waals surface area contributed by atoms with Crippen molar-refractivity contribution >= 4 is 5.91 Å². The molecule has 0 aromatic heterocycles. The highest BCUT2D eigenvalue weighted by Crippen LogP contribution is 2.25. The van der Waals surface area contributed by atoms with Gasteiger partial charge in [-0.3, -0.25) is 9.69 Å². The molecule has 1 aliphatic carbocycles. The number of carbonyl (C=O) groups is 1. The molecule has 0 spiro atoms. The van der Waals surface area contributed by atoms with Gasteiger partial charge in [0.2, 0.25) is 0 Å². The van der Waals surface area contributed by atoms with Crippen molar-refractivity contribution in [3.63, 3.8) is 0 Å². The molecule has 5 nitrogen and oxygen atoms in total. The molecule has 1 saturated carbocycles. The number of benzene rings is 1. The fourth-order valence-corrected chi connectivity index (χ4v) is 3.40. The van der Waals surface area contributed by atoms with Crippen molar-refractivity contribution in [1.29, 1.82) is 0 Å². The average Bonchev–Trinajstić information content (AvgIpc) is 3.08. The maximum absolute atomic E-state index is 12.7. The third-order valence-corrected chi connectivity index (χ3v) is 4.76. The van der Waals surface area contributed by atoms with Gasteiger partial charge in [0, 0.05) is 38.3 Å². The van der Waals surface area contributed by atoms with Gasteiger partial charge >= 0.3 is 0 Å². The zero-order chi connectivity index (χ0) is 16.1. The van der Waals surface area contributed by atoms with Crippen molar-refractivity contribution < 1.29 is 14.6 Å². The minimum absolute atomic E-state index is 0.0746. The van der Waals surface area contributed by atoms with E-state index in [-0.39, 0.29) is 12.5 Å². The Balaban J connectivity index is 1.59. The first-order valence-corrected chi connectivity index (χ1v) is 8.65. The summed E-state index contributed by atoms with van der Waals surface area (Å²) in [5.41, 5.74) is 0.705. The molecule has 0 atom stereocenters. The van der Waals surface area contributed by atoms with E-state index in [1.54, 1.807) is 0 Å². The van der Waals surface area contributed by atoms with Gasteiger partial charge in [-0.05, 0) is 43.9 Å². The normalized spacial score (nSPS) is 20.0. The fraction of sp³-hybridized carbons (Fsp3) is 0.611. The van der Waals surface area contributed by atoms with E-state index in [1.165, 1.54) is 12.8 Å². The van der Waals surface area contributed by atoms with Crippen molar-refractivity contribution in [3.8, 4) is 5.75 Å². The number of ether oxygens (including phenoxy) is 1. The molecular formula is C18H26N2O3. The average molecular weight is 318 g/mol. The number of aliphatic hydroxyl groups excluding tert-OH is 1. The van der Waals surface area contributed by atoms with Crippen LogP contribution in [0.15, 0.2) is 24.3 Å². The lowest BCUT2D eigenvalue weighted by Gasteiger charge is -2.34. The highest BCUT2D eigenvalue weighted by atomic mass is 16.5. The Hall–Kier alpha value is -1.59. The summed E-state index contributed by atoms with van der Waals surface area (Å²) in [6, 6.07) is 7.58. The number of β-amino-alcohol motifs (C(OH)–C–C–N with tert-alkyl or cyclic N) is 1. The SMILES string of the molecule is O=C(c1cccc(OC2CCCC2)c1)N1CCN(CCO)CC1. The van der Waals surface area contributed by atoms with Crippen LogP contribution in [0.2, 0.25) is 0 Å². The van der Waals surface area contributed by atoms with Crippen molar-refractivity contribution in [2.75, 3.05) is 39.3 Å². The first-order valence-electron chi connectivity index (χ1n) is 8.65. The smallest absolute Gasteiger partial charge is 0.254 e. The van der Waals surface area contributed by atoms with E-state index in [4.69, 9.17) is 9.84 Å². The van der Waals surface area contributed by atoms with Gasteiger partial charge < -0.3 is 14.7 Å². The van der Waals surface area contributed by atoms with Gasteiger partial charge in [0.25, 0.3) is 5.91 Å². The van der Waals surface area contributed by atoms with Crippen LogP contribution in [-0.2, 0) is 0 Å². The molecule has 1 aliphatic heterocycles. The third kappa shape index (κ3) is 4.24. The molecule has 1 aromatic carbocycles. The number of carbonyl (C=O) groups excluding carboxylic acids is 1. The predicted octanol–water partition coefficient (Wildman–Crippen LogP) is 1.76. The van der Waals surface area contributed by atoms with Crippen LogP contribution in [0.25, 0.3) is 0 Å². The quantitative estimate of drug-likeness (QED) is 0.899. The standard InChI is InChI=1S/C18H26N2O3/c21-13-12-19-8-10-20(11-9-19)18(22)15-4-3-7-17(14-15)23-16-5-1-2-6-16/h3-4,7,14,16,21H,1-2,5-6,8-13H2. The molecule has 0 bridgehead atoms. The summed E-state index contributed by atoms with van der Waals surface area (Å²) >= 11 is 0. The van der Waals surface area contributed by atoms with E-state index >= 15 is 0 Å². The van der Waals surface area contributed by atoms with Gasteiger partial charge in [0.1, 0.15) is 5.75 Å². The monoisotopic (exact) mass is 318 g/mol. The van der Waals surface area contributed by atoms with E-state index in [9.17, 15) is 4.79 Å². The molecule has 0 unspecified atom stereocenters. The maximum Gasteiger partial charge on any atom is 0.254 e. The van der Waals surface area contributed by atoms with Crippen LogP contribution in [0.5, 0.6) is 5.75 Å². The van der Waals surface area contributed by atoms with E-state index < -0.39 is 0 Å². The van der Waals surface area contributed by atoms with Crippen LogP contribution in [0.4, 0.5) is 0 Å². The van der Waals surface area contributed by atoms with Gasteiger partial charge in [0.05, 0.1) is 12.7 Å². The lowest BCUT2D eigenvalue weighted by atomic mass is 10.1. The Morgan fingerprint density at radius 2 is 1.91 bits per heavy atom. The molecule has 3 rings (SSSR count). The van der Waals surface area contributed by atoms with Crippen LogP contribution < -0.4 is 4.74 Å². The molecule has 1 amide bonds. The van der Waals surface area contributed by atoms with Gasteiger partial charge in [-0.2, -0.15) is 0 Å². The summed E-state index contributed by atoms with van der Waals surface area (Å²) in [4.78, 5) is 16.7. The number of hydrogen-bond acceptors (Lipinski definition) is 4. The zero-order valence-corrected chi connectivity index (χ0v) is 13.6. The summed E-state index contributed by atoms with van der Waals surface area (Å²) in [6.07, 6.45) is 5.01. The summed E-state index contributed by atoms with van der Waals surface area (Å²) < 4.78 is 6.00. The lowest BCUT2D eigenvalue weighted by molar-refractivity contribution is 0.0614. The summed E-state index contributed by atoms with van der Waals surface area (Å²) in [6.45, 7) is 3.94. The van der Waals surface area contributed by atoms with Crippen LogP contribution >= 0.6 is 0 Å². The molecule has 23 heavy (non-hydrogen) atoms. The number of amides is 1. The first-order chi connectivity index (χ1) is 11.3. The van der Waals surface area contributed by atoms with Crippen LogP contribution in [0.3, 0.4) is 0 Å². The Morgan fingerprint density at radius 3 is 2.61 bits per heavy atom. The van der Waals surface area contributed by atoms with Crippen LogP contribution in [0.1, 0.15) is 36.0 Å². The van der Waals surface area contributed by atoms with E-state index in [1.807, 2.05) is 29.2 Å². The topological polar surface area (TPSA) is 53.0 Å². The van der Waals surface area contributed by atoms with E-state index in [2.05, 4.69) is 4.90 Å². The lowest BCUT2D eigenvalue weighted by Crippen LogP contribution is -2.49. The second kappa shape index (κ2) is 7.79. The summed E-state index contributed by atoms with van der Waals surface area (Å²) in [5, 5.41) is 8.98. The Kier molecular flexibility index (Phi) is 5.51. The predicted molar refractivity (Wildman–Crippen MR) is 88.8 cm³/mol. The van der Waals surface area contributed by atoms with Crippen LogP contribution in [0, 0.1) is 0 Å². The molecule has 1 heterocycles. The highest BCUT2D eigenvalue weighted by molar-refractivity contribution is 5.94. The largest absolute Gasteiger partial charge is 0.490 e. The molecule has 126 valence electrons. The molecule has 2 aliphatic rings. The number of piperazine rings is 1. The van der Waals surface area contributed by atoms with Gasteiger partial charge in [0.15, 0.2) is 0 Å². The Labute approximate surface area is 137 Å². The second-order valence-electron chi connectivity index (χ2n) is 6.41. The minimum atomic E-state index is 0.0746. The van der Waals surface area contributed by atoms with Crippen molar-refractivity contribution in [2.24, 2.45) is 0 Å². The third-order valence-electron chi connectivity index (χ3n) is 4.76. The zero-order valence-electron chi connectivity index (χ0n) is 13.6. The molecule has 0 radical (unpaired) electrons. The second-order valence-corrected chi connectivity index (χ2v) is 6.41. The highest BCUT2D eigenvalue weighted by Gasteiger charge is 2.22.